The summed E-state index contributed by atoms with van der Waals surface area (Å²) in [6, 6.07) is 34.6. The van der Waals surface area contributed by atoms with Crippen molar-refractivity contribution in [3.8, 4) is 29.1 Å². The van der Waals surface area contributed by atoms with Crippen molar-refractivity contribution >= 4 is 7.32 Å². The first-order chi connectivity index (χ1) is 15.3. The minimum Gasteiger partial charge on any atom is -0.490 e. The van der Waals surface area contributed by atoms with Crippen LogP contribution in [0.15, 0.2) is 109 Å². The minimum absolute atomic E-state index is 0.582. The summed E-state index contributed by atoms with van der Waals surface area (Å²) in [5.41, 5.74) is 2.90. The van der Waals surface area contributed by atoms with Crippen LogP contribution in [0, 0.1) is 18.8 Å². The molecule has 4 heteroatoms. The van der Waals surface area contributed by atoms with Crippen LogP contribution in [0.3, 0.4) is 0 Å². The number of benzene rings is 4. The molecule has 0 aliphatic rings. The molecular formula is C27H21BO3. The predicted octanol–water partition coefficient (Wildman–Crippen LogP) is 5.92. The highest BCUT2D eigenvalue weighted by Gasteiger charge is 2.30. The zero-order valence-electron chi connectivity index (χ0n) is 17.2. The molecule has 0 aliphatic heterocycles. The second-order valence-corrected chi connectivity index (χ2v) is 6.88. The molecule has 0 radical (unpaired) electrons. The molecule has 31 heavy (non-hydrogen) atoms. The van der Waals surface area contributed by atoms with Crippen molar-refractivity contribution in [2.45, 2.75) is 6.92 Å². The molecular weight excluding hydrogens is 383 g/mol. The molecule has 0 saturated carbocycles. The Bertz CT molecular complexity index is 1120. The van der Waals surface area contributed by atoms with Crippen molar-refractivity contribution in [3.05, 3.63) is 126 Å². The lowest BCUT2D eigenvalue weighted by Crippen LogP contribution is -2.37. The maximum atomic E-state index is 6.11. The van der Waals surface area contributed by atoms with Crippen LogP contribution in [0.4, 0.5) is 0 Å². The maximum Gasteiger partial charge on any atom is 0.864 e. The van der Waals surface area contributed by atoms with E-state index in [1.165, 1.54) is 5.56 Å². The summed E-state index contributed by atoms with van der Waals surface area (Å²) in [6.07, 6.45) is 0. The van der Waals surface area contributed by atoms with E-state index in [1.807, 2.05) is 109 Å². The Hall–Kier alpha value is -4.10. The second-order valence-electron chi connectivity index (χ2n) is 6.88. The van der Waals surface area contributed by atoms with Gasteiger partial charge in [0.15, 0.2) is 0 Å². The van der Waals surface area contributed by atoms with Gasteiger partial charge in [0, 0.05) is 5.56 Å². The van der Waals surface area contributed by atoms with Crippen LogP contribution in [0.5, 0.6) is 17.2 Å². The van der Waals surface area contributed by atoms with Crippen LogP contribution in [-0.4, -0.2) is 7.32 Å². The van der Waals surface area contributed by atoms with E-state index in [9.17, 15) is 0 Å². The lowest BCUT2D eigenvalue weighted by molar-refractivity contribution is 0.307. The molecule has 0 atom stereocenters. The molecule has 0 unspecified atom stereocenters. The van der Waals surface area contributed by atoms with E-state index in [0.717, 1.165) is 11.1 Å². The van der Waals surface area contributed by atoms with Crippen molar-refractivity contribution in [1.82, 2.24) is 0 Å². The average molecular weight is 404 g/mol. The second kappa shape index (κ2) is 10.1. The van der Waals surface area contributed by atoms with E-state index in [0.29, 0.717) is 17.2 Å². The summed E-state index contributed by atoms with van der Waals surface area (Å²) < 4.78 is 18.0. The first-order valence-corrected chi connectivity index (χ1v) is 10.0. The highest BCUT2D eigenvalue weighted by atomic mass is 16.7. The van der Waals surface area contributed by atoms with Crippen molar-refractivity contribution in [3.63, 3.8) is 0 Å². The molecule has 0 bridgehead atoms. The van der Waals surface area contributed by atoms with Crippen molar-refractivity contribution < 1.29 is 14.0 Å². The fourth-order valence-electron chi connectivity index (χ4n) is 2.85. The summed E-state index contributed by atoms with van der Waals surface area (Å²) in [5, 5.41) is 0. The van der Waals surface area contributed by atoms with Gasteiger partial charge in [-0.2, -0.15) is 0 Å². The molecule has 4 rings (SSSR count). The van der Waals surface area contributed by atoms with Gasteiger partial charge in [0.1, 0.15) is 17.2 Å². The van der Waals surface area contributed by atoms with E-state index < -0.39 is 7.32 Å². The van der Waals surface area contributed by atoms with E-state index >= 15 is 0 Å². The Morgan fingerprint density at radius 3 is 1.71 bits per heavy atom. The van der Waals surface area contributed by atoms with Gasteiger partial charge in [-0.15, -0.1) is 0 Å². The summed E-state index contributed by atoms with van der Waals surface area (Å²) >= 11 is 0. The van der Waals surface area contributed by atoms with Gasteiger partial charge in [0.2, 0.25) is 0 Å². The van der Waals surface area contributed by atoms with E-state index in [1.54, 1.807) is 0 Å². The van der Waals surface area contributed by atoms with Gasteiger partial charge in [-0.25, -0.2) is 0 Å². The van der Waals surface area contributed by atoms with Crippen LogP contribution in [-0.2, 0) is 0 Å². The van der Waals surface area contributed by atoms with E-state index in [-0.39, 0.29) is 0 Å². The molecule has 0 N–H and O–H groups in total. The smallest absolute Gasteiger partial charge is 0.490 e. The van der Waals surface area contributed by atoms with Crippen LogP contribution in [0.25, 0.3) is 0 Å². The van der Waals surface area contributed by atoms with E-state index in [2.05, 4.69) is 18.8 Å². The molecule has 150 valence electrons. The van der Waals surface area contributed by atoms with Crippen LogP contribution >= 0.6 is 0 Å². The van der Waals surface area contributed by atoms with Gasteiger partial charge in [0.25, 0.3) is 0 Å². The summed E-state index contributed by atoms with van der Waals surface area (Å²) in [4.78, 5) is 0. The highest BCUT2D eigenvalue weighted by Crippen LogP contribution is 2.21. The highest BCUT2D eigenvalue weighted by molar-refractivity contribution is 6.39. The maximum absolute atomic E-state index is 6.11. The fourth-order valence-corrected chi connectivity index (χ4v) is 2.85. The molecule has 3 nitrogen and oxygen atoms in total. The lowest BCUT2D eigenvalue weighted by Gasteiger charge is -2.17. The number of hydrogen-bond acceptors (Lipinski definition) is 3. The lowest BCUT2D eigenvalue weighted by atomic mass is 10.1. The average Bonchev–Trinajstić information content (AvgIpc) is 2.81. The molecule has 4 aromatic carbocycles. The van der Waals surface area contributed by atoms with Crippen molar-refractivity contribution in [2.75, 3.05) is 0 Å². The quantitative estimate of drug-likeness (QED) is 0.295. The fraction of sp³-hybridized carbons (Fsp3) is 0.0370. The van der Waals surface area contributed by atoms with Gasteiger partial charge in [-0.3, -0.25) is 0 Å². The summed E-state index contributed by atoms with van der Waals surface area (Å²) in [7, 11) is -0.980. The van der Waals surface area contributed by atoms with Gasteiger partial charge in [-0.1, -0.05) is 78.1 Å². The summed E-state index contributed by atoms with van der Waals surface area (Å²) in [6.45, 7) is 2.06. The normalized spacial score (nSPS) is 9.84. The largest absolute Gasteiger partial charge is 0.864 e. The summed E-state index contributed by atoms with van der Waals surface area (Å²) in [5.74, 6) is 8.26. The molecule has 0 aliphatic carbocycles. The Balaban J connectivity index is 1.58. The van der Waals surface area contributed by atoms with Crippen LogP contribution in [0.2, 0.25) is 0 Å². The Morgan fingerprint density at radius 2 is 1.10 bits per heavy atom. The van der Waals surface area contributed by atoms with Crippen molar-refractivity contribution in [2.24, 2.45) is 0 Å². The topological polar surface area (TPSA) is 27.7 Å². The van der Waals surface area contributed by atoms with Gasteiger partial charge in [0.05, 0.1) is 5.56 Å². The number of aryl methyl sites for hydroxylation is 1. The molecule has 0 spiro atoms. The molecule has 0 heterocycles. The monoisotopic (exact) mass is 404 g/mol. The zero-order chi connectivity index (χ0) is 21.3. The number of para-hydroxylation sites is 3. The van der Waals surface area contributed by atoms with Gasteiger partial charge >= 0.3 is 7.32 Å². The van der Waals surface area contributed by atoms with E-state index in [4.69, 9.17) is 14.0 Å². The first kappa shape index (κ1) is 20.2. The van der Waals surface area contributed by atoms with Gasteiger partial charge < -0.3 is 14.0 Å². The Kier molecular flexibility index (Phi) is 6.57. The molecule has 0 saturated heterocycles. The molecule has 0 fully saturated rings. The molecule has 0 amide bonds. The third kappa shape index (κ3) is 5.94. The Morgan fingerprint density at radius 1 is 0.548 bits per heavy atom. The zero-order valence-corrected chi connectivity index (χ0v) is 17.2. The molecule has 4 aromatic rings. The Labute approximate surface area is 183 Å². The third-order valence-corrected chi connectivity index (χ3v) is 4.45. The first-order valence-electron chi connectivity index (χ1n) is 10.0. The number of rotatable bonds is 6. The minimum atomic E-state index is -0.980. The molecule has 0 aromatic heterocycles. The van der Waals surface area contributed by atoms with Crippen LogP contribution < -0.4 is 14.0 Å². The number of hydrogen-bond donors (Lipinski definition) is 0. The third-order valence-electron chi connectivity index (χ3n) is 4.45. The van der Waals surface area contributed by atoms with Crippen molar-refractivity contribution in [1.29, 1.82) is 0 Å². The van der Waals surface area contributed by atoms with Gasteiger partial charge in [-0.05, 0) is 55.5 Å². The predicted molar refractivity (Wildman–Crippen MR) is 124 cm³/mol. The SMILES string of the molecule is Cc1ccc(C#Cc2ccccc2OB(Oc2ccccc2)Oc2ccccc2)cc1. The van der Waals surface area contributed by atoms with Crippen LogP contribution in [0.1, 0.15) is 16.7 Å². The standard InChI is InChI=1S/C27H21BO3/c1-22-16-18-23(19-17-22)20-21-24-10-8-9-15-27(24)31-28(29-25-11-4-2-5-12-25)30-26-13-6-3-7-14-26/h2-19H,1H3.